The lowest BCUT2D eigenvalue weighted by Gasteiger charge is -2.34. The number of halogens is 1. The zero-order chi connectivity index (χ0) is 18.3. The van der Waals surface area contributed by atoms with Crippen molar-refractivity contribution in [2.24, 2.45) is 5.73 Å². The van der Waals surface area contributed by atoms with Gasteiger partial charge in [0.1, 0.15) is 4.90 Å². The van der Waals surface area contributed by atoms with Crippen molar-refractivity contribution in [3.8, 4) is 0 Å². The third-order valence-electron chi connectivity index (χ3n) is 4.39. The maximum atomic E-state index is 12.7. The highest BCUT2D eigenvalue weighted by Crippen LogP contribution is 2.25. The molecular weight excluding hydrogens is 362 g/mol. The lowest BCUT2D eigenvalue weighted by molar-refractivity contribution is -0.132. The predicted molar refractivity (Wildman–Crippen MR) is 98.9 cm³/mol. The number of nitrogens with two attached hydrogens (primary N) is 1. The van der Waals surface area contributed by atoms with Gasteiger partial charge in [-0.25, -0.2) is 8.42 Å². The second kappa shape index (κ2) is 9.52. The Morgan fingerprint density at radius 1 is 1.04 bits per heavy atom. The van der Waals surface area contributed by atoms with Crippen LogP contribution in [0.1, 0.15) is 32.1 Å². The van der Waals surface area contributed by atoms with Crippen molar-refractivity contribution < 1.29 is 13.2 Å². The van der Waals surface area contributed by atoms with Gasteiger partial charge in [0.25, 0.3) is 0 Å². The molecule has 1 aliphatic heterocycles. The molecule has 0 radical (unpaired) electrons. The van der Waals surface area contributed by atoms with Crippen LogP contribution in [0.25, 0.3) is 0 Å². The van der Waals surface area contributed by atoms with E-state index in [1.165, 1.54) is 10.4 Å². The lowest BCUT2D eigenvalue weighted by Crippen LogP contribution is -2.50. The van der Waals surface area contributed by atoms with Gasteiger partial charge in [-0.05, 0) is 31.5 Å². The number of piperazine rings is 1. The quantitative estimate of drug-likeness (QED) is 0.692. The molecule has 0 unspecified atom stereocenters. The van der Waals surface area contributed by atoms with E-state index < -0.39 is 10.0 Å². The SMILES string of the molecule is NCCCCCCC(=O)N1CCN(S(=O)(=O)c2ccccc2Cl)CC1. The molecule has 1 aromatic rings. The number of hydrogen-bond acceptors (Lipinski definition) is 4. The van der Waals surface area contributed by atoms with Crippen molar-refractivity contribution in [1.82, 2.24) is 9.21 Å². The Balaban J connectivity index is 1.85. The van der Waals surface area contributed by atoms with Gasteiger partial charge in [-0.2, -0.15) is 4.31 Å². The van der Waals surface area contributed by atoms with Gasteiger partial charge in [0.05, 0.1) is 5.02 Å². The van der Waals surface area contributed by atoms with Crippen molar-refractivity contribution in [3.63, 3.8) is 0 Å². The zero-order valence-corrected chi connectivity index (χ0v) is 15.9. The van der Waals surface area contributed by atoms with Crippen LogP contribution in [-0.2, 0) is 14.8 Å². The molecule has 1 heterocycles. The third kappa shape index (κ3) is 5.41. The summed E-state index contributed by atoms with van der Waals surface area (Å²) >= 11 is 6.02. The standard InChI is InChI=1S/C17H26ClN3O3S/c18-15-7-4-5-8-16(15)25(23,24)21-13-11-20(12-14-21)17(22)9-3-1-2-6-10-19/h4-5,7-8H,1-3,6,9-14,19H2. The third-order valence-corrected chi connectivity index (χ3v) is 6.79. The molecule has 0 bridgehead atoms. The fourth-order valence-electron chi connectivity index (χ4n) is 2.90. The minimum absolute atomic E-state index is 0.0996. The van der Waals surface area contributed by atoms with Crippen molar-refractivity contribution in [1.29, 1.82) is 0 Å². The van der Waals surface area contributed by atoms with Gasteiger partial charge in [0, 0.05) is 32.6 Å². The van der Waals surface area contributed by atoms with Crippen molar-refractivity contribution >= 4 is 27.5 Å². The van der Waals surface area contributed by atoms with Gasteiger partial charge in [-0.15, -0.1) is 0 Å². The molecule has 25 heavy (non-hydrogen) atoms. The smallest absolute Gasteiger partial charge is 0.244 e. The number of carbonyl (C=O) groups is 1. The van der Waals surface area contributed by atoms with E-state index in [9.17, 15) is 13.2 Å². The first-order chi connectivity index (χ1) is 12.0. The number of benzene rings is 1. The summed E-state index contributed by atoms with van der Waals surface area (Å²) in [7, 11) is -3.62. The first-order valence-corrected chi connectivity index (χ1v) is 10.5. The van der Waals surface area contributed by atoms with E-state index in [1.807, 2.05) is 0 Å². The summed E-state index contributed by atoms with van der Waals surface area (Å²) in [6, 6.07) is 6.43. The van der Waals surface area contributed by atoms with Gasteiger partial charge in [-0.1, -0.05) is 36.6 Å². The Morgan fingerprint density at radius 3 is 2.32 bits per heavy atom. The first kappa shape index (κ1) is 20.2. The van der Waals surface area contributed by atoms with E-state index in [0.717, 1.165) is 25.7 Å². The highest BCUT2D eigenvalue weighted by atomic mass is 35.5. The van der Waals surface area contributed by atoms with Crippen molar-refractivity contribution in [3.05, 3.63) is 29.3 Å². The summed E-state index contributed by atoms with van der Waals surface area (Å²) in [6.07, 6.45) is 4.42. The zero-order valence-electron chi connectivity index (χ0n) is 14.4. The first-order valence-electron chi connectivity index (χ1n) is 8.69. The molecule has 1 aromatic carbocycles. The Hall–Kier alpha value is -1.15. The largest absolute Gasteiger partial charge is 0.340 e. The van der Waals surface area contributed by atoms with Gasteiger partial charge in [0.15, 0.2) is 0 Å². The monoisotopic (exact) mass is 387 g/mol. The van der Waals surface area contributed by atoms with Crippen LogP contribution in [0, 0.1) is 0 Å². The number of sulfonamides is 1. The second-order valence-electron chi connectivity index (χ2n) is 6.17. The van der Waals surface area contributed by atoms with Crippen LogP contribution in [0.2, 0.25) is 5.02 Å². The van der Waals surface area contributed by atoms with E-state index in [-0.39, 0.29) is 15.8 Å². The molecule has 1 amide bonds. The van der Waals surface area contributed by atoms with Crippen LogP contribution in [0.15, 0.2) is 29.2 Å². The molecule has 8 heteroatoms. The summed E-state index contributed by atoms with van der Waals surface area (Å²) in [6.45, 7) is 2.13. The molecule has 6 nitrogen and oxygen atoms in total. The number of amides is 1. The highest BCUT2D eigenvalue weighted by molar-refractivity contribution is 7.89. The number of unbranched alkanes of at least 4 members (excludes halogenated alkanes) is 3. The maximum absolute atomic E-state index is 12.7. The molecule has 2 rings (SSSR count). The van der Waals surface area contributed by atoms with E-state index in [0.29, 0.717) is 39.1 Å². The molecule has 1 aliphatic rings. The van der Waals surface area contributed by atoms with E-state index in [1.54, 1.807) is 23.1 Å². The molecule has 0 atom stereocenters. The minimum atomic E-state index is -3.62. The van der Waals surface area contributed by atoms with Crippen LogP contribution >= 0.6 is 11.6 Å². The van der Waals surface area contributed by atoms with Gasteiger partial charge in [-0.3, -0.25) is 4.79 Å². The van der Waals surface area contributed by atoms with Crippen LogP contribution in [-0.4, -0.2) is 56.3 Å². The summed E-state index contributed by atoms with van der Waals surface area (Å²) in [5, 5.41) is 0.221. The minimum Gasteiger partial charge on any atom is -0.340 e. The van der Waals surface area contributed by atoms with Gasteiger partial charge < -0.3 is 10.6 Å². The Bertz CT molecular complexity index is 673. The van der Waals surface area contributed by atoms with Crippen LogP contribution < -0.4 is 5.73 Å². The normalized spacial score (nSPS) is 16.2. The number of nitrogens with zero attached hydrogens (tertiary/aromatic N) is 2. The fourth-order valence-corrected chi connectivity index (χ4v) is 4.82. The van der Waals surface area contributed by atoms with Gasteiger partial charge >= 0.3 is 0 Å². The number of carbonyl (C=O) groups excluding carboxylic acids is 1. The van der Waals surface area contributed by atoms with Crippen molar-refractivity contribution in [2.75, 3.05) is 32.7 Å². The topological polar surface area (TPSA) is 83.7 Å². The molecule has 140 valence electrons. The van der Waals surface area contributed by atoms with E-state index >= 15 is 0 Å². The van der Waals surface area contributed by atoms with Crippen LogP contribution in [0.5, 0.6) is 0 Å². The van der Waals surface area contributed by atoms with E-state index in [2.05, 4.69) is 0 Å². The molecule has 0 spiro atoms. The molecule has 0 aromatic heterocycles. The number of hydrogen-bond donors (Lipinski definition) is 1. The van der Waals surface area contributed by atoms with E-state index in [4.69, 9.17) is 17.3 Å². The Kier molecular flexibility index (Phi) is 7.68. The lowest BCUT2D eigenvalue weighted by atomic mass is 10.1. The van der Waals surface area contributed by atoms with Crippen LogP contribution in [0.3, 0.4) is 0 Å². The Labute approximate surface area is 155 Å². The van der Waals surface area contributed by atoms with Crippen molar-refractivity contribution in [2.45, 2.75) is 37.0 Å². The predicted octanol–water partition coefficient (Wildman–Crippen LogP) is 2.08. The summed E-state index contributed by atoms with van der Waals surface area (Å²) in [5.41, 5.74) is 5.45. The maximum Gasteiger partial charge on any atom is 0.244 e. The fraction of sp³-hybridized carbons (Fsp3) is 0.588. The molecule has 1 saturated heterocycles. The van der Waals surface area contributed by atoms with Gasteiger partial charge in [0.2, 0.25) is 15.9 Å². The average Bonchev–Trinajstić information content (AvgIpc) is 2.61. The number of rotatable bonds is 8. The summed E-state index contributed by atoms with van der Waals surface area (Å²) < 4.78 is 26.8. The van der Waals surface area contributed by atoms with Crippen LogP contribution in [0.4, 0.5) is 0 Å². The summed E-state index contributed by atoms with van der Waals surface area (Å²) in [4.78, 5) is 14.1. The molecule has 0 saturated carbocycles. The Morgan fingerprint density at radius 2 is 1.68 bits per heavy atom. The molecular formula is C17H26ClN3O3S. The molecule has 1 fully saturated rings. The molecule has 0 aliphatic carbocycles. The summed E-state index contributed by atoms with van der Waals surface area (Å²) in [5.74, 6) is 0.0996. The second-order valence-corrected chi connectivity index (χ2v) is 8.48. The highest BCUT2D eigenvalue weighted by Gasteiger charge is 2.31. The molecule has 2 N–H and O–H groups in total. The average molecular weight is 388 g/mol.